The van der Waals surface area contributed by atoms with E-state index in [4.69, 9.17) is 12.2 Å². The van der Waals surface area contributed by atoms with Crippen molar-refractivity contribution in [3.63, 3.8) is 0 Å². The van der Waals surface area contributed by atoms with E-state index in [0.717, 1.165) is 31.9 Å². The third kappa shape index (κ3) is 4.64. The van der Waals surface area contributed by atoms with Gasteiger partial charge >= 0.3 is 6.03 Å². The number of para-hydroxylation sites is 2. The van der Waals surface area contributed by atoms with E-state index in [-0.39, 0.29) is 6.42 Å². The Bertz CT molecular complexity index is 632. The molecule has 0 aromatic heterocycles. The van der Waals surface area contributed by atoms with Gasteiger partial charge in [0.2, 0.25) is 5.91 Å². The van der Waals surface area contributed by atoms with Crippen molar-refractivity contribution in [1.82, 2.24) is 10.2 Å². The maximum atomic E-state index is 12.2. The molecule has 1 fully saturated rings. The monoisotopic (exact) mass is 329 g/mol. The third-order valence-corrected chi connectivity index (χ3v) is 3.97. The number of carbonyl (C=O) groups excluding carboxylic acids is 2. The molecule has 128 valence electrons. The molecule has 0 saturated carbocycles. The largest absolute Gasteiger partial charge is 0.368 e. The third-order valence-electron chi connectivity index (χ3n) is 3.97. The van der Waals surface area contributed by atoms with E-state index in [0.29, 0.717) is 5.69 Å². The van der Waals surface area contributed by atoms with Gasteiger partial charge in [-0.25, -0.2) is 4.79 Å². The van der Waals surface area contributed by atoms with Crippen LogP contribution in [0.1, 0.15) is 6.42 Å². The molecule has 1 aromatic rings. The lowest BCUT2D eigenvalue weighted by Crippen LogP contribution is -2.46. The zero-order valence-electron chi connectivity index (χ0n) is 13.8. The molecule has 24 heavy (non-hydrogen) atoms. The number of terminal acetylenes is 1. The Morgan fingerprint density at radius 2 is 1.96 bits per heavy atom. The Morgan fingerprint density at radius 1 is 1.29 bits per heavy atom. The van der Waals surface area contributed by atoms with Crippen molar-refractivity contribution in [2.45, 2.75) is 12.5 Å². The molecular weight excluding hydrogens is 306 g/mol. The number of primary amides is 1. The molecule has 0 radical (unpaired) electrons. The van der Waals surface area contributed by atoms with Crippen LogP contribution in [-0.2, 0) is 4.79 Å². The summed E-state index contributed by atoms with van der Waals surface area (Å²) in [6.45, 7) is 3.70. The predicted molar refractivity (Wildman–Crippen MR) is 94.7 cm³/mol. The Hall–Kier alpha value is -2.72. The number of benzene rings is 1. The first-order valence-electron chi connectivity index (χ1n) is 7.84. The van der Waals surface area contributed by atoms with Gasteiger partial charge in [0.25, 0.3) is 0 Å². The second kappa shape index (κ2) is 8.22. The first-order valence-corrected chi connectivity index (χ1v) is 7.84. The molecule has 4 N–H and O–H groups in total. The summed E-state index contributed by atoms with van der Waals surface area (Å²) in [6.07, 6.45) is 5.25. The van der Waals surface area contributed by atoms with Crippen molar-refractivity contribution in [2.24, 2.45) is 5.73 Å². The summed E-state index contributed by atoms with van der Waals surface area (Å²) in [6, 6.07) is 6.19. The van der Waals surface area contributed by atoms with Gasteiger partial charge in [0.1, 0.15) is 6.04 Å². The van der Waals surface area contributed by atoms with Gasteiger partial charge in [-0.05, 0) is 19.2 Å². The fourth-order valence-electron chi connectivity index (χ4n) is 2.56. The van der Waals surface area contributed by atoms with Crippen LogP contribution in [0.4, 0.5) is 16.2 Å². The summed E-state index contributed by atoms with van der Waals surface area (Å²) in [7, 11) is 2.09. The topological polar surface area (TPSA) is 90.7 Å². The van der Waals surface area contributed by atoms with Crippen molar-refractivity contribution in [3.05, 3.63) is 24.3 Å². The average Bonchev–Trinajstić information content (AvgIpc) is 2.56. The van der Waals surface area contributed by atoms with Gasteiger partial charge in [-0.1, -0.05) is 12.1 Å². The predicted octanol–water partition coefficient (Wildman–Crippen LogP) is 0.437. The second-order valence-electron chi connectivity index (χ2n) is 5.77. The Kier molecular flexibility index (Phi) is 6.04. The van der Waals surface area contributed by atoms with Crippen molar-refractivity contribution < 1.29 is 9.59 Å². The Balaban J connectivity index is 2.05. The summed E-state index contributed by atoms with van der Waals surface area (Å²) >= 11 is 0. The van der Waals surface area contributed by atoms with Crippen molar-refractivity contribution in [2.75, 3.05) is 43.4 Å². The van der Waals surface area contributed by atoms with E-state index in [9.17, 15) is 9.59 Å². The second-order valence-corrected chi connectivity index (χ2v) is 5.77. The van der Waals surface area contributed by atoms with E-state index in [1.165, 1.54) is 0 Å². The number of nitrogens with one attached hydrogen (secondary N) is 2. The highest BCUT2D eigenvalue weighted by molar-refractivity contribution is 5.96. The summed E-state index contributed by atoms with van der Waals surface area (Å²) in [4.78, 5) is 27.9. The highest BCUT2D eigenvalue weighted by Gasteiger charge is 2.20. The van der Waals surface area contributed by atoms with Crippen molar-refractivity contribution >= 4 is 23.3 Å². The molecule has 1 atom stereocenters. The minimum atomic E-state index is -0.884. The number of nitrogens with zero attached hydrogens (tertiary/aromatic N) is 2. The van der Waals surface area contributed by atoms with Gasteiger partial charge in [0.05, 0.1) is 11.4 Å². The fraction of sp³-hybridized carbons (Fsp3) is 0.412. The van der Waals surface area contributed by atoms with Crippen LogP contribution < -0.4 is 21.3 Å². The number of carbonyl (C=O) groups is 2. The molecule has 0 bridgehead atoms. The molecule has 1 aliphatic rings. The number of hydrogen-bond donors (Lipinski definition) is 3. The van der Waals surface area contributed by atoms with Crippen LogP contribution in [0.2, 0.25) is 0 Å². The quantitative estimate of drug-likeness (QED) is 0.684. The van der Waals surface area contributed by atoms with Crippen LogP contribution in [-0.4, -0.2) is 56.1 Å². The molecule has 0 aliphatic carbocycles. The Labute approximate surface area is 142 Å². The standard InChI is InChI=1S/C17H23N5O2/c1-3-6-14(16(18)23)20-17(24)19-13-7-4-5-8-15(13)22-11-9-21(2)10-12-22/h1,4-5,7-8,14H,6,9-12H2,2H3,(H2,18,23)(H2,19,20,24)/t14-/m1/s1. The van der Waals surface area contributed by atoms with E-state index >= 15 is 0 Å². The van der Waals surface area contributed by atoms with Gasteiger partial charge in [-0.2, -0.15) is 0 Å². The first kappa shape index (κ1) is 17.6. The summed E-state index contributed by atoms with van der Waals surface area (Å²) in [5, 5.41) is 5.29. The maximum Gasteiger partial charge on any atom is 0.319 e. The molecule has 1 aliphatic heterocycles. The molecule has 7 nitrogen and oxygen atoms in total. The molecule has 1 saturated heterocycles. The first-order chi connectivity index (χ1) is 11.5. The summed E-state index contributed by atoms with van der Waals surface area (Å²) in [5.41, 5.74) is 6.87. The minimum Gasteiger partial charge on any atom is -0.368 e. The van der Waals surface area contributed by atoms with Crippen LogP contribution in [0.25, 0.3) is 0 Å². The molecular formula is C17H23N5O2. The van der Waals surface area contributed by atoms with Gasteiger partial charge in [0, 0.05) is 32.6 Å². The number of anilines is 2. The lowest BCUT2D eigenvalue weighted by molar-refractivity contribution is -0.119. The fourth-order valence-corrected chi connectivity index (χ4v) is 2.56. The average molecular weight is 329 g/mol. The zero-order valence-corrected chi connectivity index (χ0v) is 13.8. The lowest BCUT2D eigenvalue weighted by Gasteiger charge is -2.35. The molecule has 0 spiro atoms. The van der Waals surface area contributed by atoms with Crippen LogP contribution >= 0.6 is 0 Å². The van der Waals surface area contributed by atoms with Crippen molar-refractivity contribution in [1.29, 1.82) is 0 Å². The number of piperazine rings is 1. The van der Waals surface area contributed by atoms with Crippen LogP contribution in [0.5, 0.6) is 0 Å². The summed E-state index contributed by atoms with van der Waals surface area (Å²) in [5.74, 6) is 1.67. The normalized spacial score (nSPS) is 16.1. The number of nitrogens with two attached hydrogens (primary N) is 1. The minimum absolute atomic E-state index is 0.0584. The zero-order chi connectivity index (χ0) is 17.5. The van der Waals surface area contributed by atoms with Crippen molar-refractivity contribution in [3.8, 4) is 12.3 Å². The highest BCUT2D eigenvalue weighted by Crippen LogP contribution is 2.26. The molecule has 0 unspecified atom stereocenters. The van der Waals surface area contributed by atoms with Crippen LogP contribution in [0.15, 0.2) is 24.3 Å². The van der Waals surface area contributed by atoms with E-state index in [1.54, 1.807) is 0 Å². The van der Waals surface area contributed by atoms with Gasteiger partial charge in [-0.15, -0.1) is 12.3 Å². The van der Waals surface area contributed by atoms with Gasteiger partial charge < -0.3 is 26.2 Å². The molecule has 1 heterocycles. The van der Waals surface area contributed by atoms with E-state index < -0.39 is 18.0 Å². The number of amides is 3. The van der Waals surface area contributed by atoms with Crippen LogP contribution in [0, 0.1) is 12.3 Å². The Morgan fingerprint density at radius 3 is 2.58 bits per heavy atom. The number of hydrogen-bond acceptors (Lipinski definition) is 4. The number of rotatable bonds is 5. The SMILES string of the molecule is C#CC[C@@H](NC(=O)Nc1ccccc1N1CCN(C)CC1)C(N)=O. The number of likely N-dealkylation sites (N-methyl/N-ethyl adjacent to an activating group) is 1. The molecule has 1 aromatic carbocycles. The van der Waals surface area contributed by atoms with Gasteiger partial charge in [0.15, 0.2) is 0 Å². The lowest BCUT2D eigenvalue weighted by atomic mass is 10.2. The molecule has 2 rings (SSSR count). The van der Waals surface area contributed by atoms with E-state index in [2.05, 4.69) is 33.4 Å². The molecule has 7 heteroatoms. The van der Waals surface area contributed by atoms with Gasteiger partial charge in [-0.3, -0.25) is 4.79 Å². The molecule has 3 amide bonds. The highest BCUT2D eigenvalue weighted by atomic mass is 16.2. The number of urea groups is 1. The van der Waals surface area contributed by atoms with E-state index in [1.807, 2.05) is 24.3 Å². The van der Waals surface area contributed by atoms with Crippen LogP contribution in [0.3, 0.4) is 0 Å². The smallest absolute Gasteiger partial charge is 0.319 e. The maximum absolute atomic E-state index is 12.2. The summed E-state index contributed by atoms with van der Waals surface area (Å²) < 4.78 is 0.